The van der Waals surface area contributed by atoms with E-state index in [1.807, 2.05) is 0 Å². The summed E-state index contributed by atoms with van der Waals surface area (Å²) < 4.78 is 0. The van der Waals surface area contributed by atoms with Gasteiger partial charge in [0.25, 0.3) is 0 Å². The maximum Gasteiger partial charge on any atom is 0.0215 e. The van der Waals surface area contributed by atoms with E-state index in [0.29, 0.717) is 0 Å². The molecule has 0 fully saturated rings. The summed E-state index contributed by atoms with van der Waals surface area (Å²) in [4.78, 5) is 0. The van der Waals surface area contributed by atoms with E-state index in [1.54, 1.807) is 44.5 Å². The second-order valence-electron chi connectivity index (χ2n) is 23.1. The van der Waals surface area contributed by atoms with Gasteiger partial charge in [0.2, 0.25) is 0 Å². The van der Waals surface area contributed by atoms with Crippen LogP contribution in [0.25, 0.3) is 44.5 Å². The molecule has 0 N–H and O–H groups in total. The SMILES string of the molecule is CCCCCCCCC1(CCCCCCCC)c2ccccc2-c2cc3c(cc21)-c1ccccc1C3(CCCCCCCC)CCCCCCCC.c1ccc2c(c1)Cc1cc3c(cc1-2)Cc1ccccc1-3. The van der Waals surface area contributed by atoms with Crippen molar-refractivity contribution in [2.75, 3.05) is 0 Å². The molecule has 0 saturated heterocycles. The molecule has 380 valence electrons. The summed E-state index contributed by atoms with van der Waals surface area (Å²) in [7, 11) is 0. The number of unbranched alkanes of at least 4 members (excludes halogenated alkanes) is 20. The molecule has 0 spiro atoms. The zero-order valence-electron chi connectivity index (χ0n) is 45.8. The van der Waals surface area contributed by atoms with Gasteiger partial charge in [-0.1, -0.05) is 279 Å². The number of hydrogen-bond acceptors (Lipinski definition) is 0. The molecule has 6 aromatic carbocycles. The Balaban J connectivity index is 0.000000261. The average Bonchev–Trinajstić information content (AvgIpc) is 4.12. The Labute approximate surface area is 439 Å². The molecule has 0 aliphatic heterocycles. The zero-order chi connectivity index (χ0) is 49.6. The molecule has 10 rings (SSSR count). The van der Waals surface area contributed by atoms with Gasteiger partial charge in [0.1, 0.15) is 0 Å². The molecular weight excluding hydrogens is 865 g/mol. The molecule has 0 nitrogen and oxygen atoms in total. The highest BCUT2D eigenvalue weighted by molar-refractivity contribution is 5.90. The Morgan fingerprint density at radius 1 is 0.250 bits per heavy atom. The Morgan fingerprint density at radius 3 is 0.889 bits per heavy atom. The second kappa shape index (κ2) is 25.5. The summed E-state index contributed by atoms with van der Waals surface area (Å²) in [6.07, 6.45) is 40.3. The first kappa shape index (κ1) is 52.2. The first-order valence-corrected chi connectivity index (χ1v) is 30.3. The monoisotopic (exact) mass is 957 g/mol. The molecule has 0 bridgehead atoms. The van der Waals surface area contributed by atoms with Crippen LogP contribution in [0.5, 0.6) is 0 Å². The minimum atomic E-state index is 0.148. The van der Waals surface area contributed by atoms with Gasteiger partial charge in [-0.2, -0.15) is 0 Å². The third-order valence-corrected chi connectivity index (χ3v) is 18.2. The fourth-order valence-electron chi connectivity index (χ4n) is 14.3. The summed E-state index contributed by atoms with van der Waals surface area (Å²) in [5.41, 5.74) is 24.9. The van der Waals surface area contributed by atoms with Gasteiger partial charge in [-0.3, -0.25) is 0 Å². The Bertz CT molecular complexity index is 2450. The molecule has 4 aliphatic carbocycles. The van der Waals surface area contributed by atoms with Crippen LogP contribution in [0.4, 0.5) is 0 Å². The summed E-state index contributed by atoms with van der Waals surface area (Å²) >= 11 is 0. The summed E-state index contributed by atoms with van der Waals surface area (Å²) in [5, 5.41) is 0. The minimum Gasteiger partial charge on any atom is -0.0654 e. The van der Waals surface area contributed by atoms with Crippen molar-refractivity contribution in [3.8, 4) is 44.5 Å². The fourth-order valence-corrected chi connectivity index (χ4v) is 14.3. The molecule has 72 heavy (non-hydrogen) atoms. The predicted molar refractivity (Wildman–Crippen MR) is 314 cm³/mol. The van der Waals surface area contributed by atoms with E-state index in [9.17, 15) is 0 Å². The average molecular weight is 958 g/mol. The van der Waals surface area contributed by atoms with E-state index in [2.05, 4.69) is 149 Å². The number of benzene rings is 6. The molecule has 0 atom stereocenters. The highest BCUT2D eigenvalue weighted by Gasteiger charge is 2.47. The van der Waals surface area contributed by atoms with E-state index in [4.69, 9.17) is 0 Å². The van der Waals surface area contributed by atoms with Crippen molar-refractivity contribution < 1.29 is 0 Å². The van der Waals surface area contributed by atoms with E-state index < -0.39 is 0 Å². The molecule has 0 amide bonds. The van der Waals surface area contributed by atoms with Gasteiger partial charge in [-0.15, -0.1) is 0 Å². The van der Waals surface area contributed by atoms with Crippen molar-refractivity contribution in [3.63, 3.8) is 0 Å². The van der Waals surface area contributed by atoms with E-state index in [0.717, 1.165) is 12.8 Å². The molecule has 0 aromatic heterocycles. The molecule has 0 unspecified atom stereocenters. The standard InChI is InChI=1S/C52H78.C20H14/c1-5-9-13-17-21-29-37-51(38-30-22-18-14-10-6-2)47-35-27-25-33-43(47)45-42-50-46(41-49(45)51)44-34-26-28-36-48(44)52(50,39-31-23-19-15-11-7-3)40-32-24-20-16-12-8-4;1-3-7-17-13(5-1)9-15-11-20-16(12-19(15)17)10-14-6-2-4-8-18(14)20/h25-28,33-36,41-42H,5-24,29-32,37-40H2,1-4H3;1-8,11-12H,9-10H2. The number of hydrogen-bond donors (Lipinski definition) is 0. The van der Waals surface area contributed by atoms with Crippen molar-refractivity contribution in [2.45, 2.75) is 231 Å². The lowest BCUT2D eigenvalue weighted by molar-refractivity contribution is 0.394. The van der Waals surface area contributed by atoms with Crippen LogP contribution in [0.3, 0.4) is 0 Å². The molecular formula is C72H92. The third-order valence-electron chi connectivity index (χ3n) is 18.2. The van der Waals surface area contributed by atoms with Crippen molar-refractivity contribution in [2.24, 2.45) is 0 Å². The van der Waals surface area contributed by atoms with E-state index in [1.165, 1.54) is 224 Å². The van der Waals surface area contributed by atoms with Gasteiger partial charge in [0.05, 0.1) is 0 Å². The third kappa shape index (κ3) is 11.2. The lowest BCUT2D eigenvalue weighted by Gasteiger charge is -2.35. The van der Waals surface area contributed by atoms with Crippen molar-refractivity contribution in [3.05, 3.63) is 166 Å². The van der Waals surface area contributed by atoms with Crippen LogP contribution in [-0.4, -0.2) is 0 Å². The minimum absolute atomic E-state index is 0.148. The van der Waals surface area contributed by atoms with Crippen LogP contribution in [0.1, 0.15) is 252 Å². The number of rotatable bonds is 28. The van der Waals surface area contributed by atoms with Crippen LogP contribution in [0, 0.1) is 0 Å². The Hall–Kier alpha value is -4.68. The molecule has 0 heterocycles. The van der Waals surface area contributed by atoms with Gasteiger partial charge in [0.15, 0.2) is 0 Å². The summed E-state index contributed by atoms with van der Waals surface area (Å²) in [5.74, 6) is 0. The zero-order valence-corrected chi connectivity index (χ0v) is 45.8. The summed E-state index contributed by atoms with van der Waals surface area (Å²) in [6, 6.07) is 47.5. The van der Waals surface area contributed by atoms with Crippen LogP contribution >= 0.6 is 0 Å². The fraction of sp³-hybridized carbons (Fsp3) is 0.500. The van der Waals surface area contributed by atoms with E-state index in [-0.39, 0.29) is 10.8 Å². The normalized spacial score (nSPS) is 14.4. The quantitative estimate of drug-likeness (QED) is 0.0429. The van der Waals surface area contributed by atoms with Crippen LogP contribution in [-0.2, 0) is 23.7 Å². The maximum absolute atomic E-state index is 2.79. The second-order valence-corrected chi connectivity index (χ2v) is 23.1. The van der Waals surface area contributed by atoms with Crippen LogP contribution in [0.2, 0.25) is 0 Å². The topological polar surface area (TPSA) is 0 Å². The van der Waals surface area contributed by atoms with Gasteiger partial charge in [0, 0.05) is 10.8 Å². The van der Waals surface area contributed by atoms with Gasteiger partial charge >= 0.3 is 0 Å². The van der Waals surface area contributed by atoms with Crippen LogP contribution in [0.15, 0.2) is 121 Å². The first-order chi connectivity index (χ1) is 35.6. The van der Waals surface area contributed by atoms with Crippen molar-refractivity contribution in [1.29, 1.82) is 0 Å². The summed E-state index contributed by atoms with van der Waals surface area (Å²) in [6.45, 7) is 9.37. The van der Waals surface area contributed by atoms with Gasteiger partial charge in [-0.05, 0) is 152 Å². The smallest absolute Gasteiger partial charge is 0.0215 e. The largest absolute Gasteiger partial charge is 0.0654 e. The highest BCUT2D eigenvalue weighted by Crippen LogP contribution is 2.61. The van der Waals surface area contributed by atoms with Gasteiger partial charge < -0.3 is 0 Å². The molecule has 4 aliphatic rings. The van der Waals surface area contributed by atoms with Gasteiger partial charge in [-0.25, -0.2) is 0 Å². The lowest BCUT2D eigenvalue weighted by atomic mass is 9.68. The van der Waals surface area contributed by atoms with E-state index >= 15 is 0 Å². The highest BCUT2D eigenvalue weighted by atomic mass is 14.5. The van der Waals surface area contributed by atoms with Crippen molar-refractivity contribution >= 4 is 0 Å². The predicted octanol–water partition coefficient (Wildman–Crippen LogP) is 22.1. The molecule has 0 radical (unpaired) electrons. The first-order valence-electron chi connectivity index (χ1n) is 30.3. The van der Waals surface area contributed by atoms with Crippen LogP contribution < -0.4 is 0 Å². The molecule has 0 saturated carbocycles. The molecule has 6 aromatic rings. The van der Waals surface area contributed by atoms with Crippen molar-refractivity contribution in [1.82, 2.24) is 0 Å². The Kier molecular flexibility index (Phi) is 18.5. The Morgan fingerprint density at radius 2 is 0.542 bits per heavy atom. The lowest BCUT2D eigenvalue weighted by Crippen LogP contribution is -2.27. The molecule has 0 heteroatoms. The maximum atomic E-state index is 2.79. The number of fused-ring (bicyclic) bond motifs is 12.